The molecule has 1 aromatic rings. The first-order valence-electron chi connectivity index (χ1n) is 10.6. The van der Waals surface area contributed by atoms with Crippen molar-refractivity contribution in [1.82, 2.24) is 20.4 Å². The smallest absolute Gasteiger partial charge is 0.409 e. The number of carbonyl (C=O) groups excluding carboxylic acids is 1. The molecule has 0 aliphatic carbocycles. The van der Waals surface area contributed by atoms with E-state index < -0.39 is 0 Å². The average molecular weight is 531 g/mol. The molecule has 1 amide bonds. The first kappa shape index (κ1) is 26.5. The monoisotopic (exact) mass is 531 g/mol. The number of carbonyl (C=O) groups is 1. The maximum atomic E-state index is 11.9. The van der Waals surface area contributed by atoms with E-state index in [-0.39, 0.29) is 36.1 Å². The van der Waals surface area contributed by atoms with Crippen LogP contribution < -0.4 is 10.6 Å². The van der Waals surface area contributed by atoms with Crippen LogP contribution in [0.4, 0.5) is 4.79 Å². The van der Waals surface area contributed by atoms with E-state index in [9.17, 15) is 4.79 Å². The number of halogens is 1. The highest BCUT2D eigenvalue weighted by Crippen LogP contribution is 2.19. The van der Waals surface area contributed by atoms with Crippen molar-refractivity contribution in [3.05, 3.63) is 35.4 Å². The van der Waals surface area contributed by atoms with Gasteiger partial charge < -0.3 is 25.2 Å². The van der Waals surface area contributed by atoms with E-state index in [0.29, 0.717) is 32.3 Å². The molecule has 0 aromatic heterocycles. The van der Waals surface area contributed by atoms with Gasteiger partial charge in [-0.25, -0.2) is 4.79 Å². The molecular formula is C22H38IN5O2. The van der Waals surface area contributed by atoms with Crippen LogP contribution in [-0.4, -0.2) is 74.8 Å². The molecule has 1 aliphatic rings. The van der Waals surface area contributed by atoms with Crippen molar-refractivity contribution in [1.29, 1.82) is 0 Å². The highest BCUT2D eigenvalue weighted by Gasteiger charge is 2.24. The van der Waals surface area contributed by atoms with Gasteiger partial charge in [-0.1, -0.05) is 29.8 Å². The molecule has 0 bridgehead atoms. The maximum Gasteiger partial charge on any atom is 0.409 e. The minimum absolute atomic E-state index is 0. The third-order valence-corrected chi connectivity index (χ3v) is 5.21. The summed E-state index contributed by atoms with van der Waals surface area (Å²) in [6.07, 6.45) is 1.56. The average Bonchev–Trinajstić information content (AvgIpc) is 2.70. The van der Waals surface area contributed by atoms with Crippen LogP contribution in [-0.2, 0) is 4.74 Å². The van der Waals surface area contributed by atoms with Crippen LogP contribution in [0.5, 0.6) is 0 Å². The van der Waals surface area contributed by atoms with E-state index in [0.717, 1.165) is 25.3 Å². The topological polar surface area (TPSA) is 69.2 Å². The number of likely N-dealkylation sites (N-methyl/N-ethyl adjacent to an activating group) is 1. The second-order valence-electron chi connectivity index (χ2n) is 7.71. The van der Waals surface area contributed by atoms with Crippen LogP contribution in [0, 0.1) is 6.92 Å². The van der Waals surface area contributed by atoms with Gasteiger partial charge in [0.25, 0.3) is 0 Å². The highest BCUT2D eigenvalue weighted by molar-refractivity contribution is 14.0. The number of guanidine groups is 1. The molecule has 170 valence electrons. The molecule has 30 heavy (non-hydrogen) atoms. The molecule has 0 spiro atoms. The second kappa shape index (κ2) is 13.7. The zero-order chi connectivity index (χ0) is 21.2. The Morgan fingerprint density at radius 3 is 2.40 bits per heavy atom. The minimum Gasteiger partial charge on any atom is -0.450 e. The lowest BCUT2D eigenvalue weighted by atomic mass is 10.0. The van der Waals surface area contributed by atoms with E-state index >= 15 is 0 Å². The summed E-state index contributed by atoms with van der Waals surface area (Å²) >= 11 is 0. The molecule has 1 unspecified atom stereocenters. The second-order valence-corrected chi connectivity index (χ2v) is 7.71. The molecule has 1 heterocycles. The Morgan fingerprint density at radius 1 is 1.23 bits per heavy atom. The fourth-order valence-electron chi connectivity index (χ4n) is 3.47. The third-order valence-electron chi connectivity index (χ3n) is 5.21. The Balaban J connectivity index is 0.00000450. The van der Waals surface area contributed by atoms with Gasteiger partial charge in [0.1, 0.15) is 0 Å². The molecule has 1 aliphatic heterocycles. The van der Waals surface area contributed by atoms with Gasteiger partial charge in [0.15, 0.2) is 5.96 Å². The van der Waals surface area contributed by atoms with Gasteiger partial charge in [0.05, 0.1) is 19.2 Å². The normalized spacial score (nSPS) is 16.1. The highest BCUT2D eigenvalue weighted by atomic mass is 127. The standard InChI is InChI=1S/C22H37N5O2.HI/c1-6-23-21(25-19-12-14-27(15-13-19)22(28)29-7-2)24-16-20(26(4)5)18-10-8-17(3)9-11-18;/h8-11,19-20H,6-7,12-16H2,1-5H3,(H2,23,24,25);1H. The molecule has 0 saturated carbocycles. The Morgan fingerprint density at radius 2 is 1.87 bits per heavy atom. The molecule has 1 aromatic carbocycles. The quantitative estimate of drug-likeness (QED) is 0.321. The van der Waals surface area contributed by atoms with Gasteiger partial charge in [-0.05, 0) is 53.3 Å². The van der Waals surface area contributed by atoms with Crippen molar-refractivity contribution in [3.8, 4) is 0 Å². The van der Waals surface area contributed by atoms with Gasteiger partial charge in [0, 0.05) is 25.7 Å². The summed E-state index contributed by atoms with van der Waals surface area (Å²) in [6, 6.07) is 9.18. The van der Waals surface area contributed by atoms with Crippen molar-refractivity contribution in [2.24, 2.45) is 4.99 Å². The summed E-state index contributed by atoms with van der Waals surface area (Å²) in [4.78, 5) is 20.7. The third kappa shape index (κ3) is 8.29. The van der Waals surface area contributed by atoms with Crippen molar-refractivity contribution in [2.75, 3.05) is 46.9 Å². The summed E-state index contributed by atoms with van der Waals surface area (Å²) in [7, 11) is 4.18. The number of hydrogen-bond donors (Lipinski definition) is 2. The summed E-state index contributed by atoms with van der Waals surface area (Å²) in [6.45, 7) is 9.33. The SMILES string of the molecule is CCNC(=NCC(c1ccc(C)cc1)N(C)C)NC1CCN(C(=O)OCC)CC1.I. The van der Waals surface area contributed by atoms with E-state index in [1.165, 1.54) is 11.1 Å². The van der Waals surface area contributed by atoms with E-state index in [1.807, 2.05) is 6.92 Å². The molecule has 1 fully saturated rings. The molecule has 8 heteroatoms. The zero-order valence-electron chi connectivity index (χ0n) is 19.0. The molecule has 2 N–H and O–H groups in total. The fourth-order valence-corrected chi connectivity index (χ4v) is 3.47. The molecular weight excluding hydrogens is 493 g/mol. The van der Waals surface area contributed by atoms with Crippen LogP contribution >= 0.6 is 24.0 Å². The number of nitrogens with one attached hydrogen (secondary N) is 2. The van der Waals surface area contributed by atoms with Crippen molar-refractivity contribution in [3.63, 3.8) is 0 Å². The van der Waals surface area contributed by atoms with Crippen LogP contribution in [0.25, 0.3) is 0 Å². The van der Waals surface area contributed by atoms with E-state index in [4.69, 9.17) is 9.73 Å². The number of hydrogen-bond acceptors (Lipinski definition) is 4. The predicted molar refractivity (Wildman–Crippen MR) is 134 cm³/mol. The summed E-state index contributed by atoms with van der Waals surface area (Å²) < 4.78 is 5.10. The van der Waals surface area contributed by atoms with Gasteiger partial charge >= 0.3 is 6.09 Å². The number of aryl methyl sites for hydroxylation is 1. The summed E-state index contributed by atoms with van der Waals surface area (Å²) in [5.74, 6) is 0.834. The van der Waals surface area contributed by atoms with Crippen LogP contribution in [0.3, 0.4) is 0 Å². The fraction of sp³-hybridized carbons (Fsp3) is 0.636. The summed E-state index contributed by atoms with van der Waals surface area (Å²) in [5, 5.41) is 6.90. The molecule has 1 atom stereocenters. The number of aliphatic imine (C=N–C) groups is 1. The number of rotatable bonds is 7. The predicted octanol–water partition coefficient (Wildman–Crippen LogP) is 3.39. The number of piperidine rings is 1. The number of benzene rings is 1. The maximum absolute atomic E-state index is 11.9. The largest absolute Gasteiger partial charge is 0.450 e. The van der Waals surface area contributed by atoms with Gasteiger partial charge in [0.2, 0.25) is 0 Å². The number of likely N-dealkylation sites (tertiary alicyclic amines) is 1. The van der Waals surface area contributed by atoms with E-state index in [2.05, 4.69) is 67.7 Å². The van der Waals surface area contributed by atoms with Crippen LogP contribution in [0.15, 0.2) is 29.3 Å². The lowest BCUT2D eigenvalue weighted by molar-refractivity contribution is 0.0963. The van der Waals surface area contributed by atoms with Crippen molar-refractivity contribution < 1.29 is 9.53 Å². The number of nitrogens with zero attached hydrogens (tertiary/aromatic N) is 3. The van der Waals surface area contributed by atoms with Gasteiger partial charge in [-0.15, -0.1) is 24.0 Å². The Kier molecular flexibility index (Phi) is 12.1. The zero-order valence-corrected chi connectivity index (χ0v) is 21.3. The van der Waals surface area contributed by atoms with Gasteiger partial charge in [-0.2, -0.15) is 0 Å². The number of ether oxygens (including phenoxy) is 1. The molecule has 0 radical (unpaired) electrons. The minimum atomic E-state index is -0.210. The van der Waals surface area contributed by atoms with Gasteiger partial charge in [-0.3, -0.25) is 4.99 Å². The molecule has 7 nitrogen and oxygen atoms in total. The summed E-state index contributed by atoms with van der Waals surface area (Å²) in [5.41, 5.74) is 2.53. The Bertz CT molecular complexity index is 658. The first-order chi connectivity index (χ1) is 13.9. The van der Waals surface area contributed by atoms with Crippen LogP contribution in [0.2, 0.25) is 0 Å². The van der Waals surface area contributed by atoms with Crippen molar-refractivity contribution >= 4 is 36.0 Å². The lowest BCUT2D eigenvalue weighted by Gasteiger charge is -2.32. The number of amides is 1. The van der Waals surface area contributed by atoms with E-state index in [1.54, 1.807) is 4.90 Å². The first-order valence-corrected chi connectivity index (χ1v) is 10.6. The van der Waals surface area contributed by atoms with Crippen LogP contribution in [0.1, 0.15) is 43.9 Å². The van der Waals surface area contributed by atoms with Crippen molar-refractivity contribution in [2.45, 2.75) is 45.7 Å². The molecule has 2 rings (SSSR count). The molecule has 1 saturated heterocycles. The Hall–Kier alpha value is -1.55. The lowest BCUT2D eigenvalue weighted by Crippen LogP contribution is -2.50. The Labute approximate surface area is 198 Å².